The van der Waals surface area contributed by atoms with E-state index in [0.717, 1.165) is 38.0 Å². The van der Waals surface area contributed by atoms with E-state index in [1.807, 2.05) is 30.3 Å². The number of hydrogen-bond acceptors (Lipinski definition) is 3. The van der Waals surface area contributed by atoms with Crippen molar-refractivity contribution in [3.63, 3.8) is 0 Å². The van der Waals surface area contributed by atoms with Gasteiger partial charge in [-0.05, 0) is 44.9 Å². The maximum Gasteiger partial charge on any atom is 0.306 e. The van der Waals surface area contributed by atoms with Crippen molar-refractivity contribution in [1.29, 1.82) is 0 Å². The van der Waals surface area contributed by atoms with Crippen LogP contribution in [0.1, 0.15) is 39.5 Å². The predicted octanol–water partition coefficient (Wildman–Crippen LogP) is 3.32. The maximum absolute atomic E-state index is 10.7. The molecule has 1 aromatic carbocycles. The molecule has 118 valence electrons. The summed E-state index contributed by atoms with van der Waals surface area (Å²) in [5.74, 6) is -0.0293. The highest BCUT2D eigenvalue weighted by Crippen LogP contribution is 2.10. The quantitative estimate of drug-likeness (QED) is 0.614. The van der Waals surface area contributed by atoms with Crippen LogP contribution in [-0.2, 0) is 4.79 Å². The number of carboxylic acid groups (broad SMARTS) is 1. The minimum Gasteiger partial charge on any atom is -0.494 e. The van der Waals surface area contributed by atoms with Crippen LogP contribution in [0.5, 0.6) is 5.75 Å². The molecule has 0 aliphatic rings. The zero-order valence-corrected chi connectivity index (χ0v) is 13.0. The van der Waals surface area contributed by atoms with Crippen LogP contribution in [0.15, 0.2) is 30.3 Å². The standard InChI is InChI=1S/C17H27NO3/c1-14(17(19)20)8-6-9-15(2)18-12-7-13-21-16-10-4-3-5-11-16/h3-5,10-11,14-15,18H,6-9,12-13H2,1-2H3,(H,19,20). The summed E-state index contributed by atoms with van der Waals surface area (Å²) in [5.41, 5.74) is 0. The summed E-state index contributed by atoms with van der Waals surface area (Å²) in [6.45, 7) is 5.53. The average Bonchev–Trinajstić information content (AvgIpc) is 2.47. The van der Waals surface area contributed by atoms with Crippen molar-refractivity contribution >= 4 is 5.97 Å². The largest absolute Gasteiger partial charge is 0.494 e. The SMILES string of the molecule is CC(CCCC(C)C(=O)O)NCCCOc1ccccc1. The summed E-state index contributed by atoms with van der Waals surface area (Å²) in [4.78, 5) is 10.7. The first-order valence-corrected chi connectivity index (χ1v) is 7.73. The molecule has 0 spiro atoms. The van der Waals surface area contributed by atoms with Crippen molar-refractivity contribution in [2.24, 2.45) is 5.92 Å². The number of carbonyl (C=O) groups is 1. The Bertz CT molecular complexity index is 394. The normalized spacial score (nSPS) is 13.6. The van der Waals surface area contributed by atoms with E-state index in [1.54, 1.807) is 6.92 Å². The highest BCUT2D eigenvalue weighted by Gasteiger charge is 2.10. The van der Waals surface area contributed by atoms with Gasteiger partial charge in [-0.3, -0.25) is 4.79 Å². The second kappa shape index (κ2) is 10.2. The second-order valence-electron chi connectivity index (χ2n) is 5.54. The molecule has 2 N–H and O–H groups in total. The Balaban J connectivity index is 1.98. The number of para-hydroxylation sites is 1. The van der Waals surface area contributed by atoms with Crippen LogP contribution in [0, 0.1) is 5.92 Å². The zero-order valence-electron chi connectivity index (χ0n) is 13.0. The van der Waals surface area contributed by atoms with Crippen molar-refractivity contribution < 1.29 is 14.6 Å². The van der Waals surface area contributed by atoms with Gasteiger partial charge in [-0.25, -0.2) is 0 Å². The number of ether oxygens (including phenoxy) is 1. The number of carboxylic acids is 1. The van der Waals surface area contributed by atoms with Crippen LogP contribution in [0.3, 0.4) is 0 Å². The van der Waals surface area contributed by atoms with Crippen LogP contribution < -0.4 is 10.1 Å². The topological polar surface area (TPSA) is 58.6 Å². The van der Waals surface area contributed by atoms with E-state index in [1.165, 1.54) is 0 Å². The van der Waals surface area contributed by atoms with Crippen LogP contribution in [0.2, 0.25) is 0 Å². The van der Waals surface area contributed by atoms with Crippen molar-refractivity contribution in [2.75, 3.05) is 13.2 Å². The molecule has 0 saturated carbocycles. The Kier molecular flexibility index (Phi) is 8.51. The number of aliphatic carboxylic acids is 1. The summed E-state index contributed by atoms with van der Waals surface area (Å²) in [7, 11) is 0. The molecule has 0 heterocycles. The maximum atomic E-state index is 10.7. The van der Waals surface area contributed by atoms with E-state index in [2.05, 4.69) is 12.2 Å². The van der Waals surface area contributed by atoms with E-state index in [9.17, 15) is 4.79 Å². The van der Waals surface area contributed by atoms with Crippen LogP contribution in [-0.4, -0.2) is 30.3 Å². The molecule has 2 atom stereocenters. The molecule has 0 bridgehead atoms. The smallest absolute Gasteiger partial charge is 0.306 e. The molecule has 1 rings (SSSR count). The third-order valence-corrected chi connectivity index (χ3v) is 3.52. The summed E-state index contributed by atoms with van der Waals surface area (Å²) in [5, 5.41) is 12.3. The molecule has 2 unspecified atom stereocenters. The molecule has 1 aromatic rings. The van der Waals surface area contributed by atoms with Gasteiger partial charge in [0.25, 0.3) is 0 Å². The van der Waals surface area contributed by atoms with E-state index in [0.29, 0.717) is 12.6 Å². The van der Waals surface area contributed by atoms with Gasteiger partial charge in [-0.15, -0.1) is 0 Å². The molecule has 0 saturated heterocycles. The summed E-state index contributed by atoms with van der Waals surface area (Å²) in [6.07, 6.45) is 3.67. The highest BCUT2D eigenvalue weighted by atomic mass is 16.5. The van der Waals surface area contributed by atoms with E-state index in [4.69, 9.17) is 9.84 Å². The summed E-state index contributed by atoms with van der Waals surface area (Å²) in [6, 6.07) is 10.2. The Morgan fingerprint density at radius 3 is 2.57 bits per heavy atom. The van der Waals surface area contributed by atoms with Crippen molar-refractivity contribution in [3.8, 4) is 5.75 Å². The first-order chi connectivity index (χ1) is 10.1. The fraction of sp³-hybridized carbons (Fsp3) is 0.588. The van der Waals surface area contributed by atoms with Gasteiger partial charge in [0.15, 0.2) is 0 Å². The lowest BCUT2D eigenvalue weighted by Gasteiger charge is -2.14. The molecule has 21 heavy (non-hydrogen) atoms. The number of benzene rings is 1. The number of nitrogens with one attached hydrogen (secondary N) is 1. The Morgan fingerprint density at radius 2 is 1.90 bits per heavy atom. The minimum atomic E-state index is -0.700. The van der Waals surface area contributed by atoms with Crippen LogP contribution in [0.25, 0.3) is 0 Å². The lowest BCUT2D eigenvalue weighted by Crippen LogP contribution is -2.28. The second-order valence-corrected chi connectivity index (χ2v) is 5.54. The van der Waals surface area contributed by atoms with Crippen LogP contribution in [0.4, 0.5) is 0 Å². The first kappa shape index (κ1) is 17.5. The average molecular weight is 293 g/mol. The lowest BCUT2D eigenvalue weighted by atomic mass is 10.0. The van der Waals surface area contributed by atoms with E-state index < -0.39 is 5.97 Å². The zero-order chi connectivity index (χ0) is 15.5. The van der Waals surface area contributed by atoms with Crippen LogP contribution >= 0.6 is 0 Å². The Hall–Kier alpha value is -1.55. The minimum absolute atomic E-state index is 0.239. The lowest BCUT2D eigenvalue weighted by molar-refractivity contribution is -0.141. The summed E-state index contributed by atoms with van der Waals surface area (Å²) < 4.78 is 5.62. The van der Waals surface area contributed by atoms with E-state index >= 15 is 0 Å². The van der Waals surface area contributed by atoms with Gasteiger partial charge in [0.05, 0.1) is 12.5 Å². The molecule has 0 fully saturated rings. The van der Waals surface area contributed by atoms with Crippen molar-refractivity contribution in [1.82, 2.24) is 5.32 Å². The number of rotatable bonds is 11. The van der Waals surface area contributed by atoms with Gasteiger partial charge >= 0.3 is 5.97 Å². The van der Waals surface area contributed by atoms with E-state index in [-0.39, 0.29) is 5.92 Å². The monoisotopic (exact) mass is 293 g/mol. The molecular weight excluding hydrogens is 266 g/mol. The van der Waals surface area contributed by atoms with Crippen molar-refractivity contribution in [2.45, 2.75) is 45.6 Å². The molecule has 0 aliphatic carbocycles. The van der Waals surface area contributed by atoms with Gasteiger partial charge in [0.2, 0.25) is 0 Å². The molecule has 4 nitrogen and oxygen atoms in total. The van der Waals surface area contributed by atoms with Crippen molar-refractivity contribution in [3.05, 3.63) is 30.3 Å². The molecule has 0 aromatic heterocycles. The summed E-state index contributed by atoms with van der Waals surface area (Å²) >= 11 is 0. The molecule has 0 amide bonds. The van der Waals surface area contributed by atoms with Gasteiger partial charge in [-0.1, -0.05) is 31.5 Å². The third kappa shape index (κ3) is 8.35. The fourth-order valence-corrected chi connectivity index (χ4v) is 2.08. The molecule has 0 aliphatic heterocycles. The predicted molar refractivity (Wildman–Crippen MR) is 84.7 cm³/mol. The van der Waals surface area contributed by atoms with Gasteiger partial charge < -0.3 is 15.2 Å². The highest BCUT2D eigenvalue weighted by molar-refractivity contribution is 5.69. The van der Waals surface area contributed by atoms with Gasteiger partial charge in [0.1, 0.15) is 5.75 Å². The van der Waals surface area contributed by atoms with Gasteiger partial charge in [0, 0.05) is 6.04 Å². The molecular formula is C17H27NO3. The Labute approximate surface area is 127 Å². The van der Waals surface area contributed by atoms with Gasteiger partial charge in [-0.2, -0.15) is 0 Å². The third-order valence-electron chi connectivity index (χ3n) is 3.52. The molecule has 0 radical (unpaired) electrons. The molecule has 4 heteroatoms. The number of hydrogen-bond donors (Lipinski definition) is 2. The first-order valence-electron chi connectivity index (χ1n) is 7.73. The fourth-order valence-electron chi connectivity index (χ4n) is 2.08. The Morgan fingerprint density at radius 1 is 1.19 bits per heavy atom.